The Labute approximate surface area is 151 Å². The molecule has 2 aromatic rings. The SMILES string of the molecule is NC(=O)C1CCN(C(=O)COC(=O)Cc2ccc3ccccc3c2)CC1. The maximum Gasteiger partial charge on any atom is 0.310 e. The second-order valence-electron chi connectivity index (χ2n) is 6.58. The fourth-order valence-corrected chi connectivity index (χ4v) is 3.21. The van der Waals surface area contributed by atoms with Crippen LogP contribution >= 0.6 is 0 Å². The van der Waals surface area contributed by atoms with Crippen LogP contribution in [0.15, 0.2) is 42.5 Å². The zero-order valence-corrected chi connectivity index (χ0v) is 14.5. The number of fused-ring (bicyclic) bond motifs is 1. The zero-order chi connectivity index (χ0) is 18.5. The van der Waals surface area contributed by atoms with E-state index in [0.717, 1.165) is 16.3 Å². The van der Waals surface area contributed by atoms with Gasteiger partial charge in [-0.05, 0) is 29.2 Å². The van der Waals surface area contributed by atoms with Crippen molar-refractivity contribution in [1.82, 2.24) is 4.90 Å². The van der Waals surface area contributed by atoms with E-state index in [1.54, 1.807) is 4.90 Å². The molecule has 0 spiro atoms. The number of nitrogens with zero attached hydrogens (tertiary/aromatic N) is 1. The van der Waals surface area contributed by atoms with Gasteiger partial charge in [-0.2, -0.15) is 0 Å². The number of hydrogen-bond acceptors (Lipinski definition) is 4. The molecule has 2 N–H and O–H groups in total. The molecular formula is C20H22N2O4. The van der Waals surface area contributed by atoms with Crippen molar-refractivity contribution in [1.29, 1.82) is 0 Å². The number of amides is 2. The molecule has 0 atom stereocenters. The van der Waals surface area contributed by atoms with E-state index < -0.39 is 5.97 Å². The summed E-state index contributed by atoms with van der Waals surface area (Å²) in [6.45, 7) is 0.664. The molecule has 0 radical (unpaired) electrons. The molecule has 0 saturated carbocycles. The van der Waals surface area contributed by atoms with Crippen molar-refractivity contribution in [2.24, 2.45) is 11.7 Å². The van der Waals surface area contributed by atoms with Gasteiger partial charge in [0, 0.05) is 19.0 Å². The first-order valence-corrected chi connectivity index (χ1v) is 8.73. The van der Waals surface area contributed by atoms with Crippen molar-refractivity contribution in [2.75, 3.05) is 19.7 Å². The second-order valence-corrected chi connectivity index (χ2v) is 6.58. The fraction of sp³-hybridized carbons (Fsp3) is 0.350. The first-order chi connectivity index (χ1) is 12.5. The van der Waals surface area contributed by atoms with Crippen molar-refractivity contribution in [2.45, 2.75) is 19.3 Å². The van der Waals surface area contributed by atoms with E-state index in [0.29, 0.717) is 25.9 Å². The molecule has 3 rings (SSSR count). The molecule has 6 heteroatoms. The summed E-state index contributed by atoms with van der Waals surface area (Å²) in [6, 6.07) is 13.7. The van der Waals surface area contributed by atoms with Gasteiger partial charge < -0.3 is 15.4 Å². The Hall–Kier alpha value is -2.89. The lowest BCUT2D eigenvalue weighted by atomic mass is 9.96. The lowest BCUT2D eigenvalue weighted by Crippen LogP contribution is -2.43. The molecule has 1 heterocycles. The standard InChI is InChI=1S/C20H22N2O4/c21-20(25)16-7-9-22(10-8-16)18(23)13-26-19(24)12-14-5-6-15-3-1-2-4-17(15)11-14/h1-6,11,16H,7-10,12-13H2,(H2,21,25). The minimum Gasteiger partial charge on any atom is -0.455 e. The van der Waals surface area contributed by atoms with E-state index in [1.807, 2.05) is 42.5 Å². The van der Waals surface area contributed by atoms with Crippen LogP contribution in [0.1, 0.15) is 18.4 Å². The van der Waals surface area contributed by atoms with E-state index in [1.165, 1.54) is 0 Å². The van der Waals surface area contributed by atoms with E-state index in [2.05, 4.69) is 0 Å². The summed E-state index contributed by atoms with van der Waals surface area (Å²) in [5, 5.41) is 2.17. The fourth-order valence-electron chi connectivity index (χ4n) is 3.21. The summed E-state index contributed by atoms with van der Waals surface area (Å²) < 4.78 is 5.13. The Bertz CT molecular complexity index is 825. The van der Waals surface area contributed by atoms with Crippen LogP contribution in [0.5, 0.6) is 0 Å². The third kappa shape index (κ3) is 4.39. The largest absolute Gasteiger partial charge is 0.455 e. The predicted octanol–water partition coefficient (Wildman–Crippen LogP) is 1.65. The minimum absolute atomic E-state index is 0.127. The smallest absolute Gasteiger partial charge is 0.310 e. The summed E-state index contributed by atoms with van der Waals surface area (Å²) >= 11 is 0. The minimum atomic E-state index is -0.430. The van der Waals surface area contributed by atoms with Gasteiger partial charge in [0.2, 0.25) is 5.91 Å². The predicted molar refractivity (Wildman–Crippen MR) is 97.1 cm³/mol. The maximum absolute atomic E-state index is 12.1. The molecule has 1 saturated heterocycles. The molecular weight excluding hydrogens is 332 g/mol. The summed E-state index contributed by atoms with van der Waals surface area (Å²) in [5.74, 6) is -1.16. The second kappa shape index (κ2) is 7.99. The van der Waals surface area contributed by atoms with Gasteiger partial charge in [-0.3, -0.25) is 14.4 Å². The number of carbonyl (C=O) groups excluding carboxylic acids is 3. The van der Waals surface area contributed by atoms with Crippen LogP contribution in [0.4, 0.5) is 0 Å². The van der Waals surface area contributed by atoms with Gasteiger partial charge in [0.15, 0.2) is 6.61 Å². The molecule has 6 nitrogen and oxygen atoms in total. The molecule has 1 fully saturated rings. The molecule has 0 aliphatic carbocycles. The van der Waals surface area contributed by atoms with Crippen molar-refractivity contribution in [3.8, 4) is 0 Å². The van der Waals surface area contributed by atoms with Gasteiger partial charge in [-0.15, -0.1) is 0 Å². The molecule has 0 aromatic heterocycles. The normalized spacial score (nSPS) is 15.0. The van der Waals surface area contributed by atoms with E-state index >= 15 is 0 Å². The quantitative estimate of drug-likeness (QED) is 0.827. The van der Waals surface area contributed by atoms with Gasteiger partial charge in [0.1, 0.15) is 0 Å². The molecule has 26 heavy (non-hydrogen) atoms. The van der Waals surface area contributed by atoms with Crippen molar-refractivity contribution in [3.63, 3.8) is 0 Å². The van der Waals surface area contributed by atoms with Crippen LogP contribution in [-0.4, -0.2) is 42.4 Å². The van der Waals surface area contributed by atoms with Gasteiger partial charge >= 0.3 is 5.97 Å². The summed E-state index contributed by atoms with van der Waals surface area (Å²) in [6.07, 6.45) is 1.25. The van der Waals surface area contributed by atoms with Crippen LogP contribution in [0.2, 0.25) is 0 Å². The van der Waals surface area contributed by atoms with Gasteiger partial charge in [-0.1, -0.05) is 42.5 Å². The van der Waals surface area contributed by atoms with Crippen LogP contribution in [0, 0.1) is 5.92 Å². The van der Waals surface area contributed by atoms with Crippen LogP contribution in [0.25, 0.3) is 10.8 Å². The number of nitrogens with two attached hydrogens (primary N) is 1. The third-order valence-corrected chi connectivity index (χ3v) is 4.77. The zero-order valence-electron chi connectivity index (χ0n) is 14.5. The Balaban J connectivity index is 1.47. The first kappa shape index (κ1) is 17.9. The summed E-state index contributed by atoms with van der Waals surface area (Å²) in [5.41, 5.74) is 6.13. The lowest BCUT2D eigenvalue weighted by molar-refractivity contribution is -0.152. The summed E-state index contributed by atoms with van der Waals surface area (Å²) in [7, 11) is 0. The number of likely N-dealkylation sites (tertiary alicyclic amines) is 1. The highest BCUT2D eigenvalue weighted by Gasteiger charge is 2.26. The van der Waals surface area contributed by atoms with E-state index in [4.69, 9.17) is 10.5 Å². The number of rotatable bonds is 5. The highest BCUT2D eigenvalue weighted by atomic mass is 16.5. The van der Waals surface area contributed by atoms with Crippen molar-refractivity contribution >= 4 is 28.6 Å². The molecule has 2 aromatic carbocycles. The van der Waals surface area contributed by atoms with E-state index in [-0.39, 0.29) is 30.8 Å². The third-order valence-electron chi connectivity index (χ3n) is 4.77. The number of benzene rings is 2. The molecule has 1 aliphatic rings. The number of primary amides is 1. The van der Waals surface area contributed by atoms with Crippen LogP contribution in [-0.2, 0) is 25.5 Å². The van der Waals surface area contributed by atoms with Crippen LogP contribution < -0.4 is 5.73 Å². The van der Waals surface area contributed by atoms with Crippen molar-refractivity contribution < 1.29 is 19.1 Å². The molecule has 0 unspecified atom stereocenters. The molecule has 1 aliphatic heterocycles. The average molecular weight is 354 g/mol. The Morgan fingerprint density at radius 1 is 1.04 bits per heavy atom. The molecule has 0 bridgehead atoms. The van der Waals surface area contributed by atoms with E-state index in [9.17, 15) is 14.4 Å². The first-order valence-electron chi connectivity index (χ1n) is 8.73. The topological polar surface area (TPSA) is 89.7 Å². The number of piperidine rings is 1. The maximum atomic E-state index is 12.1. The van der Waals surface area contributed by atoms with Crippen LogP contribution in [0.3, 0.4) is 0 Å². The van der Waals surface area contributed by atoms with Gasteiger partial charge in [0.25, 0.3) is 5.91 Å². The Kier molecular flexibility index (Phi) is 5.51. The van der Waals surface area contributed by atoms with Crippen molar-refractivity contribution in [3.05, 3.63) is 48.0 Å². The molecule has 2 amide bonds. The number of carbonyl (C=O) groups is 3. The van der Waals surface area contributed by atoms with Gasteiger partial charge in [-0.25, -0.2) is 0 Å². The molecule has 136 valence electrons. The number of hydrogen-bond donors (Lipinski definition) is 1. The average Bonchev–Trinajstić information content (AvgIpc) is 2.66. The highest BCUT2D eigenvalue weighted by molar-refractivity contribution is 5.85. The Morgan fingerprint density at radius 3 is 2.42 bits per heavy atom. The lowest BCUT2D eigenvalue weighted by Gasteiger charge is -2.30. The number of ether oxygens (including phenoxy) is 1. The van der Waals surface area contributed by atoms with Gasteiger partial charge in [0.05, 0.1) is 6.42 Å². The monoisotopic (exact) mass is 354 g/mol. The highest BCUT2D eigenvalue weighted by Crippen LogP contribution is 2.17. The summed E-state index contributed by atoms with van der Waals surface area (Å²) in [4.78, 5) is 36.9. The Morgan fingerprint density at radius 2 is 1.73 bits per heavy atom. The number of esters is 1.